The van der Waals surface area contributed by atoms with Crippen LogP contribution in [0.4, 0.5) is 4.79 Å². The summed E-state index contributed by atoms with van der Waals surface area (Å²) in [6, 6.07) is 4.02. The Morgan fingerprint density at radius 1 is 1.57 bits per heavy atom. The van der Waals surface area contributed by atoms with Gasteiger partial charge in [0, 0.05) is 23.4 Å². The fourth-order valence-electron chi connectivity index (χ4n) is 3.43. The molecule has 0 aromatic carbocycles. The molecule has 1 aliphatic carbocycles. The largest absolute Gasteiger partial charge is 0.388 e. The van der Waals surface area contributed by atoms with E-state index >= 15 is 0 Å². The Balaban J connectivity index is 1.53. The number of aliphatic hydroxyl groups is 1. The third-order valence-corrected chi connectivity index (χ3v) is 6.70. The summed E-state index contributed by atoms with van der Waals surface area (Å²) in [6.07, 6.45) is 1.73. The van der Waals surface area contributed by atoms with Crippen LogP contribution in [0, 0.1) is 5.92 Å². The molecule has 3 rings (SSSR count). The van der Waals surface area contributed by atoms with Gasteiger partial charge in [-0.3, -0.25) is 0 Å². The molecule has 1 aromatic heterocycles. The Kier molecular flexibility index (Phi) is 4.19. The zero-order valence-electron chi connectivity index (χ0n) is 14.0. The number of hydrogen-bond donors (Lipinski definition) is 3. The molecule has 1 aromatic rings. The molecule has 5 nitrogen and oxygen atoms in total. The smallest absolute Gasteiger partial charge is 0.315 e. The lowest BCUT2D eigenvalue weighted by Gasteiger charge is -2.39. The summed E-state index contributed by atoms with van der Waals surface area (Å²) in [6.45, 7) is 7.26. The van der Waals surface area contributed by atoms with E-state index in [1.807, 2.05) is 0 Å². The molecule has 128 valence electrons. The Bertz CT molecular complexity index is 561. The van der Waals surface area contributed by atoms with Crippen molar-refractivity contribution < 1.29 is 14.6 Å². The molecule has 1 saturated heterocycles. The topological polar surface area (TPSA) is 70.6 Å². The van der Waals surface area contributed by atoms with E-state index in [1.54, 1.807) is 25.2 Å². The predicted octanol–water partition coefficient (Wildman–Crippen LogP) is 2.25. The van der Waals surface area contributed by atoms with E-state index in [0.717, 1.165) is 6.42 Å². The third-order valence-electron chi connectivity index (χ3n) is 5.55. The van der Waals surface area contributed by atoms with E-state index in [9.17, 15) is 9.90 Å². The van der Waals surface area contributed by atoms with Crippen LogP contribution >= 0.6 is 11.3 Å². The van der Waals surface area contributed by atoms with Gasteiger partial charge in [-0.1, -0.05) is 13.0 Å². The summed E-state index contributed by atoms with van der Waals surface area (Å²) in [7, 11) is 0. The van der Waals surface area contributed by atoms with Crippen molar-refractivity contribution in [2.75, 3.05) is 19.8 Å². The monoisotopic (exact) mass is 338 g/mol. The zero-order valence-corrected chi connectivity index (χ0v) is 14.8. The maximum atomic E-state index is 12.3. The number of rotatable bonds is 5. The second-order valence-corrected chi connectivity index (χ2v) is 8.52. The lowest BCUT2D eigenvalue weighted by Crippen LogP contribution is -2.64. The number of thiophene rings is 1. The van der Waals surface area contributed by atoms with Gasteiger partial charge >= 0.3 is 6.03 Å². The predicted molar refractivity (Wildman–Crippen MR) is 90.8 cm³/mol. The van der Waals surface area contributed by atoms with E-state index in [1.165, 1.54) is 4.88 Å². The Morgan fingerprint density at radius 2 is 2.35 bits per heavy atom. The third kappa shape index (κ3) is 3.12. The Hall–Kier alpha value is -1.11. The number of carbonyl (C=O) groups excluding carboxylic acids is 1. The molecule has 1 aliphatic heterocycles. The maximum Gasteiger partial charge on any atom is 0.315 e. The van der Waals surface area contributed by atoms with Gasteiger partial charge < -0.3 is 20.5 Å². The summed E-state index contributed by atoms with van der Waals surface area (Å²) in [5, 5.41) is 18.4. The lowest BCUT2D eigenvalue weighted by molar-refractivity contribution is -0.0207. The molecule has 3 N–H and O–H groups in total. The van der Waals surface area contributed by atoms with E-state index in [2.05, 4.69) is 35.1 Å². The van der Waals surface area contributed by atoms with Gasteiger partial charge in [-0.15, -0.1) is 11.3 Å². The van der Waals surface area contributed by atoms with E-state index < -0.39 is 11.1 Å². The second kappa shape index (κ2) is 5.76. The molecule has 2 amide bonds. The first-order chi connectivity index (χ1) is 10.8. The van der Waals surface area contributed by atoms with Gasteiger partial charge in [0.2, 0.25) is 0 Å². The average Bonchev–Trinajstić information content (AvgIpc) is 2.95. The molecule has 2 aliphatic rings. The first kappa shape index (κ1) is 16.7. The maximum absolute atomic E-state index is 12.3. The number of amides is 2. The molecular weight excluding hydrogens is 312 g/mol. The van der Waals surface area contributed by atoms with Gasteiger partial charge in [-0.05, 0) is 44.1 Å². The van der Waals surface area contributed by atoms with Crippen LogP contribution in [0.1, 0.15) is 38.5 Å². The normalized spacial score (nSPS) is 33.5. The fourth-order valence-corrected chi connectivity index (χ4v) is 4.41. The van der Waals surface area contributed by atoms with Crippen LogP contribution in [-0.2, 0) is 10.2 Å². The van der Waals surface area contributed by atoms with Gasteiger partial charge in [0.05, 0.1) is 17.7 Å². The SMILES string of the molecule is CC1(c2cccs2)CC1CNC(=O)NC1(C(C)(C)O)CCOC1. The van der Waals surface area contributed by atoms with Gasteiger partial charge in [-0.25, -0.2) is 4.79 Å². The first-order valence-corrected chi connectivity index (χ1v) is 9.05. The molecular formula is C17H26N2O3S. The van der Waals surface area contributed by atoms with Crippen LogP contribution in [0.3, 0.4) is 0 Å². The van der Waals surface area contributed by atoms with Gasteiger partial charge in [0.1, 0.15) is 0 Å². The molecule has 6 heteroatoms. The molecule has 0 radical (unpaired) electrons. The molecule has 0 spiro atoms. The Labute approximate surface area is 141 Å². The molecule has 23 heavy (non-hydrogen) atoms. The minimum absolute atomic E-state index is 0.200. The highest BCUT2D eigenvalue weighted by molar-refractivity contribution is 7.10. The van der Waals surface area contributed by atoms with E-state index in [0.29, 0.717) is 32.1 Å². The fraction of sp³-hybridized carbons (Fsp3) is 0.706. The zero-order chi connectivity index (χ0) is 16.7. The second-order valence-electron chi connectivity index (χ2n) is 7.57. The number of hydrogen-bond acceptors (Lipinski definition) is 4. The van der Waals surface area contributed by atoms with Crippen molar-refractivity contribution in [2.24, 2.45) is 5.92 Å². The molecule has 3 unspecified atom stereocenters. The van der Waals surface area contributed by atoms with Crippen molar-refractivity contribution in [1.82, 2.24) is 10.6 Å². The standard InChI is InChI=1S/C17H26N2O3S/c1-15(2,21)17(6-7-22-11-17)19-14(20)18-10-12-9-16(12,3)13-5-4-8-23-13/h4-5,8,12,21H,6-7,9-11H2,1-3H3,(H2,18,19,20). The van der Waals surface area contributed by atoms with Crippen LogP contribution in [0.25, 0.3) is 0 Å². The first-order valence-electron chi connectivity index (χ1n) is 8.17. The van der Waals surface area contributed by atoms with Crippen molar-refractivity contribution in [3.8, 4) is 0 Å². The number of ether oxygens (including phenoxy) is 1. The average molecular weight is 338 g/mol. The summed E-state index contributed by atoms with van der Waals surface area (Å²) in [5.41, 5.74) is -1.53. The molecule has 2 heterocycles. The number of carbonyl (C=O) groups is 1. The van der Waals surface area contributed by atoms with Crippen LogP contribution in [-0.4, -0.2) is 42.0 Å². The van der Waals surface area contributed by atoms with Gasteiger partial charge in [0.15, 0.2) is 0 Å². The summed E-state index contributed by atoms with van der Waals surface area (Å²) < 4.78 is 5.41. The van der Waals surface area contributed by atoms with Crippen LogP contribution in [0.15, 0.2) is 17.5 Å². The molecule has 1 saturated carbocycles. The van der Waals surface area contributed by atoms with Crippen molar-refractivity contribution in [1.29, 1.82) is 0 Å². The van der Waals surface area contributed by atoms with Crippen molar-refractivity contribution in [2.45, 2.75) is 50.2 Å². The minimum Gasteiger partial charge on any atom is -0.388 e. The highest BCUT2D eigenvalue weighted by Gasteiger charge is 2.52. The molecule has 3 atom stereocenters. The van der Waals surface area contributed by atoms with Crippen molar-refractivity contribution in [3.05, 3.63) is 22.4 Å². The van der Waals surface area contributed by atoms with Gasteiger partial charge in [0.25, 0.3) is 0 Å². The van der Waals surface area contributed by atoms with Crippen LogP contribution < -0.4 is 10.6 Å². The van der Waals surface area contributed by atoms with Crippen molar-refractivity contribution >= 4 is 17.4 Å². The summed E-state index contributed by atoms with van der Waals surface area (Å²) in [5.74, 6) is 0.477. The summed E-state index contributed by atoms with van der Waals surface area (Å²) in [4.78, 5) is 13.7. The van der Waals surface area contributed by atoms with Crippen LogP contribution in [0.5, 0.6) is 0 Å². The highest BCUT2D eigenvalue weighted by atomic mass is 32.1. The Morgan fingerprint density at radius 3 is 2.91 bits per heavy atom. The van der Waals surface area contributed by atoms with E-state index in [-0.39, 0.29) is 11.4 Å². The highest BCUT2D eigenvalue weighted by Crippen LogP contribution is 2.54. The quantitative estimate of drug-likeness (QED) is 0.771. The van der Waals surface area contributed by atoms with Crippen molar-refractivity contribution in [3.63, 3.8) is 0 Å². The van der Waals surface area contributed by atoms with E-state index in [4.69, 9.17) is 4.74 Å². The summed E-state index contributed by atoms with van der Waals surface area (Å²) >= 11 is 1.78. The van der Waals surface area contributed by atoms with Crippen LogP contribution in [0.2, 0.25) is 0 Å². The van der Waals surface area contributed by atoms with Gasteiger partial charge in [-0.2, -0.15) is 0 Å². The number of urea groups is 1. The number of nitrogens with one attached hydrogen (secondary N) is 2. The molecule has 0 bridgehead atoms. The lowest BCUT2D eigenvalue weighted by atomic mass is 9.81. The molecule has 2 fully saturated rings. The minimum atomic E-state index is -1.02.